The average molecular weight is 277 g/mol. The Morgan fingerprint density at radius 2 is 1.95 bits per heavy atom. The number of pyridine rings is 1. The van der Waals surface area contributed by atoms with Crippen LogP contribution in [0.25, 0.3) is 5.65 Å². The van der Waals surface area contributed by atoms with Gasteiger partial charge < -0.3 is 4.90 Å². The third kappa shape index (κ3) is 2.66. The van der Waals surface area contributed by atoms with Gasteiger partial charge in [-0.25, -0.2) is 9.37 Å². The molecule has 0 radical (unpaired) electrons. The second-order valence-corrected chi connectivity index (χ2v) is 4.91. The second-order valence-electron chi connectivity index (χ2n) is 4.91. The van der Waals surface area contributed by atoms with E-state index in [2.05, 4.69) is 4.98 Å². The number of aryl methyl sites for hydroxylation is 1. The van der Waals surface area contributed by atoms with Gasteiger partial charge in [0.1, 0.15) is 17.2 Å². The highest BCUT2D eigenvalue weighted by atomic mass is 19.1. The third-order valence-corrected chi connectivity index (χ3v) is 3.23. The van der Waals surface area contributed by atoms with Crippen LogP contribution < -0.4 is 0 Å². The molecule has 0 N–H and O–H groups in total. The van der Waals surface area contributed by atoms with Crippen molar-refractivity contribution in [2.24, 2.45) is 0 Å². The smallest absolute Gasteiger partial charge is 0.272 e. The lowest BCUT2D eigenvalue weighted by Crippen LogP contribution is -2.33. The molecule has 108 valence electrons. The topological polar surface area (TPSA) is 37.6 Å². The Bertz CT molecular complexity index is 615. The summed E-state index contributed by atoms with van der Waals surface area (Å²) in [4.78, 5) is 18.8. The Morgan fingerprint density at radius 1 is 1.30 bits per heavy atom. The van der Waals surface area contributed by atoms with Gasteiger partial charge in [0, 0.05) is 19.3 Å². The van der Waals surface area contributed by atoms with Crippen molar-refractivity contribution >= 4 is 11.6 Å². The number of hydrogen-bond acceptors (Lipinski definition) is 2. The first-order valence-electron chi connectivity index (χ1n) is 7.02. The molecule has 0 fully saturated rings. The largest absolute Gasteiger partial charge is 0.337 e. The molecule has 0 aliphatic rings. The number of rotatable bonds is 5. The van der Waals surface area contributed by atoms with Crippen molar-refractivity contribution in [1.29, 1.82) is 0 Å². The highest BCUT2D eigenvalue weighted by Gasteiger charge is 2.21. The van der Waals surface area contributed by atoms with Crippen LogP contribution in [0.3, 0.4) is 0 Å². The normalized spacial score (nSPS) is 11.0. The maximum Gasteiger partial charge on any atom is 0.272 e. The van der Waals surface area contributed by atoms with Crippen LogP contribution in [0.15, 0.2) is 18.3 Å². The fraction of sp³-hybridized carbons (Fsp3) is 0.467. The Hall–Kier alpha value is -1.91. The number of hydrogen-bond donors (Lipinski definition) is 0. The van der Waals surface area contributed by atoms with E-state index < -0.39 is 0 Å². The molecule has 1 amide bonds. The quantitative estimate of drug-likeness (QED) is 0.842. The Kier molecular flexibility index (Phi) is 4.37. The first kappa shape index (κ1) is 14.5. The molecule has 0 saturated heterocycles. The minimum absolute atomic E-state index is 0.0794. The number of amides is 1. The van der Waals surface area contributed by atoms with E-state index in [1.54, 1.807) is 22.3 Å². The van der Waals surface area contributed by atoms with Crippen LogP contribution in [0, 0.1) is 12.7 Å². The standard InChI is InChI=1S/C15H20FN3O/c1-4-8-18(9-5-2)15(20)14-11(3)17-13-7-6-12(16)10-19(13)14/h6-7,10H,4-5,8-9H2,1-3H3. The first-order chi connectivity index (χ1) is 9.58. The summed E-state index contributed by atoms with van der Waals surface area (Å²) < 4.78 is 15.0. The zero-order valence-electron chi connectivity index (χ0n) is 12.2. The minimum Gasteiger partial charge on any atom is -0.337 e. The van der Waals surface area contributed by atoms with E-state index in [0.717, 1.165) is 12.8 Å². The number of halogens is 1. The molecule has 0 atom stereocenters. The molecule has 2 heterocycles. The SMILES string of the molecule is CCCN(CCC)C(=O)c1c(C)nc2ccc(F)cn12. The van der Waals surface area contributed by atoms with E-state index in [9.17, 15) is 9.18 Å². The number of fused-ring (bicyclic) bond motifs is 1. The summed E-state index contributed by atoms with van der Waals surface area (Å²) >= 11 is 0. The van der Waals surface area contributed by atoms with Gasteiger partial charge in [-0.05, 0) is 31.9 Å². The molecule has 5 heteroatoms. The molecule has 0 bridgehead atoms. The summed E-state index contributed by atoms with van der Waals surface area (Å²) in [5.41, 5.74) is 1.69. The first-order valence-corrected chi connectivity index (χ1v) is 7.02. The molecule has 2 aromatic rings. The van der Waals surface area contributed by atoms with Crippen molar-refractivity contribution in [3.05, 3.63) is 35.5 Å². The fourth-order valence-electron chi connectivity index (χ4n) is 2.40. The number of carbonyl (C=O) groups is 1. The van der Waals surface area contributed by atoms with E-state index in [-0.39, 0.29) is 11.7 Å². The summed E-state index contributed by atoms with van der Waals surface area (Å²) in [5, 5.41) is 0. The zero-order valence-corrected chi connectivity index (χ0v) is 12.2. The third-order valence-electron chi connectivity index (χ3n) is 3.23. The molecule has 2 rings (SSSR count). The molecule has 0 spiro atoms. The molecule has 0 aromatic carbocycles. The van der Waals surface area contributed by atoms with Crippen LogP contribution in [-0.4, -0.2) is 33.3 Å². The lowest BCUT2D eigenvalue weighted by molar-refractivity contribution is 0.0748. The maximum absolute atomic E-state index is 13.4. The van der Waals surface area contributed by atoms with E-state index >= 15 is 0 Å². The second kappa shape index (κ2) is 6.03. The number of aromatic nitrogens is 2. The van der Waals surface area contributed by atoms with Crippen molar-refractivity contribution in [3.8, 4) is 0 Å². The Morgan fingerprint density at radius 3 is 2.55 bits per heavy atom. The fourth-order valence-corrected chi connectivity index (χ4v) is 2.40. The van der Waals surface area contributed by atoms with Crippen LogP contribution >= 0.6 is 0 Å². The van der Waals surface area contributed by atoms with Gasteiger partial charge in [-0.3, -0.25) is 9.20 Å². The van der Waals surface area contributed by atoms with Crippen molar-refractivity contribution in [1.82, 2.24) is 14.3 Å². The lowest BCUT2D eigenvalue weighted by Gasteiger charge is -2.21. The molecule has 0 saturated carbocycles. The monoisotopic (exact) mass is 277 g/mol. The molecule has 0 aliphatic carbocycles. The zero-order chi connectivity index (χ0) is 14.7. The molecular formula is C15H20FN3O. The predicted octanol–water partition coefficient (Wildman–Crippen LogP) is 3.04. The van der Waals surface area contributed by atoms with E-state index in [4.69, 9.17) is 0 Å². The number of carbonyl (C=O) groups excluding carboxylic acids is 1. The molecule has 20 heavy (non-hydrogen) atoms. The van der Waals surface area contributed by atoms with Crippen molar-refractivity contribution in [2.45, 2.75) is 33.6 Å². The van der Waals surface area contributed by atoms with Gasteiger partial charge in [0.2, 0.25) is 0 Å². The Balaban J connectivity index is 2.47. The lowest BCUT2D eigenvalue weighted by atomic mass is 10.2. The maximum atomic E-state index is 13.4. The van der Waals surface area contributed by atoms with Crippen LogP contribution in [0.4, 0.5) is 4.39 Å². The van der Waals surface area contributed by atoms with Gasteiger partial charge in [-0.2, -0.15) is 0 Å². The minimum atomic E-state index is -0.374. The molecule has 2 aromatic heterocycles. The van der Waals surface area contributed by atoms with Gasteiger partial charge in [-0.1, -0.05) is 13.8 Å². The summed E-state index contributed by atoms with van der Waals surface area (Å²) in [5.74, 6) is -0.453. The van der Waals surface area contributed by atoms with Crippen LogP contribution in [-0.2, 0) is 0 Å². The van der Waals surface area contributed by atoms with Gasteiger partial charge in [0.05, 0.1) is 5.69 Å². The van der Waals surface area contributed by atoms with Crippen molar-refractivity contribution < 1.29 is 9.18 Å². The summed E-state index contributed by atoms with van der Waals surface area (Å²) in [6.07, 6.45) is 3.12. The highest BCUT2D eigenvalue weighted by Crippen LogP contribution is 2.16. The van der Waals surface area contributed by atoms with Crippen LogP contribution in [0.2, 0.25) is 0 Å². The molecule has 0 aliphatic heterocycles. The van der Waals surface area contributed by atoms with Crippen molar-refractivity contribution in [3.63, 3.8) is 0 Å². The van der Waals surface area contributed by atoms with Gasteiger partial charge in [-0.15, -0.1) is 0 Å². The summed E-state index contributed by atoms with van der Waals surface area (Å²) in [7, 11) is 0. The van der Waals surface area contributed by atoms with Crippen LogP contribution in [0.1, 0.15) is 42.9 Å². The highest BCUT2D eigenvalue weighted by molar-refractivity contribution is 5.94. The van der Waals surface area contributed by atoms with Crippen LogP contribution in [0.5, 0.6) is 0 Å². The number of nitrogens with zero attached hydrogens (tertiary/aromatic N) is 3. The van der Waals surface area contributed by atoms with E-state index in [0.29, 0.717) is 30.1 Å². The number of imidazole rings is 1. The predicted molar refractivity (Wildman–Crippen MR) is 76.4 cm³/mol. The van der Waals surface area contributed by atoms with Gasteiger partial charge in [0.15, 0.2) is 0 Å². The van der Waals surface area contributed by atoms with Gasteiger partial charge in [0.25, 0.3) is 5.91 Å². The Labute approximate surface area is 118 Å². The van der Waals surface area contributed by atoms with Gasteiger partial charge >= 0.3 is 0 Å². The molecule has 4 nitrogen and oxygen atoms in total. The van der Waals surface area contributed by atoms with Crippen molar-refractivity contribution in [2.75, 3.05) is 13.1 Å². The summed E-state index contributed by atoms with van der Waals surface area (Å²) in [6, 6.07) is 2.94. The molecular weight excluding hydrogens is 257 g/mol. The molecule has 0 unspecified atom stereocenters. The average Bonchev–Trinajstić information content (AvgIpc) is 2.73. The van der Waals surface area contributed by atoms with E-state index in [1.807, 2.05) is 13.8 Å². The summed E-state index contributed by atoms with van der Waals surface area (Å²) in [6.45, 7) is 7.27. The van der Waals surface area contributed by atoms with E-state index in [1.165, 1.54) is 12.3 Å².